The van der Waals surface area contributed by atoms with Crippen LogP contribution < -0.4 is 20.1 Å². The summed E-state index contributed by atoms with van der Waals surface area (Å²) >= 11 is 0. The molecule has 0 saturated carbocycles. The molecule has 1 unspecified atom stereocenters. The van der Waals surface area contributed by atoms with Crippen LogP contribution in [0.5, 0.6) is 11.5 Å². The minimum atomic E-state index is -0.0199. The largest absolute Gasteiger partial charge is 0.493 e. The number of hydrogen-bond acceptors (Lipinski definition) is 7. The molecule has 176 valence electrons. The summed E-state index contributed by atoms with van der Waals surface area (Å²) in [5.41, 5.74) is 2.83. The van der Waals surface area contributed by atoms with Crippen LogP contribution in [0.1, 0.15) is 31.7 Å². The highest BCUT2D eigenvalue weighted by molar-refractivity contribution is 5.93. The Morgan fingerprint density at radius 3 is 2.55 bits per heavy atom. The van der Waals surface area contributed by atoms with Gasteiger partial charge in [0.25, 0.3) is 0 Å². The van der Waals surface area contributed by atoms with Gasteiger partial charge in [-0.15, -0.1) is 0 Å². The van der Waals surface area contributed by atoms with Gasteiger partial charge in [0.15, 0.2) is 11.5 Å². The summed E-state index contributed by atoms with van der Waals surface area (Å²) in [7, 11) is 5.72. The Balaban J connectivity index is 1.78. The molecule has 1 atom stereocenters. The van der Waals surface area contributed by atoms with Crippen molar-refractivity contribution in [1.29, 1.82) is 0 Å². The fourth-order valence-electron chi connectivity index (χ4n) is 3.45. The molecule has 0 aliphatic heterocycles. The maximum absolute atomic E-state index is 11.2. The molecule has 0 radical (unpaired) electrons. The number of nitrogens with zero attached hydrogens (tertiary/aromatic N) is 3. The highest BCUT2D eigenvalue weighted by Crippen LogP contribution is 2.35. The lowest BCUT2D eigenvalue weighted by molar-refractivity contribution is -0.119. The van der Waals surface area contributed by atoms with Gasteiger partial charge in [-0.3, -0.25) is 4.79 Å². The maximum atomic E-state index is 11.2. The quantitative estimate of drug-likeness (QED) is 0.427. The number of hydrogen-bond donors (Lipinski definition) is 2. The lowest BCUT2D eigenvalue weighted by Gasteiger charge is -2.15. The van der Waals surface area contributed by atoms with Crippen molar-refractivity contribution in [2.24, 2.45) is 0 Å². The molecule has 33 heavy (non-hydrogen) atoms. The van der Waals surface area contributed by atoms with Crippen LogP contribution in [0.15, 0.2) is 42.7 Å². The second-order valence-electron chi connectivity index (χ2n) is 8.33. The molecule has 1 aromatic heterocycles. The third-order valence-electron chi connectivity index (χ3n) is 5.33. The van der Waals surface area contributed by atoms with Crippen LogP contribution in [0.4, 0.5) is 11.5 Å². The number of ether oxygens (including phenoxy) is 2. The van der Waals surface area contributed by atoms with Crippen molar-refractivity contribution in [2.45, 2.75) is 26.2 Å². The standard InChI is InChI=1S/C25H33N5O3/c1-17(15-26-18(2)31)19-7-9-20(10-8-19)29-25-21-13-24(33-12-6-11-30(3)4)23(32-5)14-22(21)27-16-28-25/h7-10,13-14,16-17H,6,11-12,15H2,1-5H3,(H,26,31)(H,27,28,29). The van der Waals surface area contributed by atoms with Gasteiger partial charge in [-0.25, -0.2) is 9.97 Å². The van der Waals surface area contributed by atoms with Gasteiger partial charge in [-0.2, -0.15) is 0 Å². The molecule has 0 saturated heterocycles. The van der Waals surface area contributed by atoms with Crippen molar-refractivity contribution in [3.05, 3.63) is 48.3 Å². The van der Waals surface area contributed by atoms with Crippen LogP contribution in [0.3, 0.4) is 0 Å². The zero-order valence-electron chi connectivity index (χ0n) is 20.0. The molecule has 3 rings (SSSR count). The zero-order chi connectivity index (χ0) is 23.8. The molecule has 0 fully saturated rings. The number of aromatic nitrogens is 2. The Morgan fingerprint density at radius 2 is 1.88 bits per heavy atom. The second kappa shape index (κ2) is 11.5. The molecular formula is C25H33N5O3. The highest BCUT2D eigenvalue weighted by atomic mass is 16.5. The average molecular weight is 452 g/mol. The Bertz CT molecular complexity index is 1070. The topological polar surface area (TPSA) is 88.6 Å². The molecule has 0 aliphatic rings. The highest BCUT2D eigenvalue weighted by Gasteiger charge is 2.13. The van der Waals surface area contributed by atoms with Crippen LogP contribution in [0, 0.1) is 0 Å². The summed E-state index contributed by atoms with van der Waals surface area (Å²) in [5, 5.41) is 7.10. The first-order valence-corrected chi connectivity index (χ1v) is 11.1. The van der Waals surface area contributed by atoms with Crippen molar-refractivity contribution in [2.75, 3.05) is 46.2 Å². The van der Waals surface area contributed by atoms with E-state index in [1.54, 1.807) is 7.11 Å². The number of benzene rings is 2. The molecule has 1 amide bonds. The maximum Gasteiger partial charge on any atom is 0.216 e. The van der Waals surface area contributed by atoms with Gasteiger partial charge in [-0.05, 0) is 50.2 Å². The van der Waals surface area contributed by atoms with Gasteiger partial charge in [-0.1, -0.05) is 19.1 Å². The van der Waals surface area contributed by atoms with E-state index >= 15 is 0 Å². The summed E-state index contributed by atoms with van der Waals surface area (Å²) in [6, 6.07) is 11.9. The molecule has 0 spiro atoms. The van der Waals surface area contributed by atoms with Crippen molar-refractivity contribution < 1.29 is 14.3 Å². The number of anilines is 2. The predicted molar refractivity (Wildman–Crippen MR) is 132 cm³/mol. The van der Waals surface area contributed by atoms with Crippen LogP contribution in [0.25, 0.3) is 10.9 Å². The van der Waals surface area contributed by atoms with E-state index in [0.717, 1.165) is 35.1 Å². The lowest BCUT2D eigenvalue weighted by Crippen LogP contribution is -2.24. The first-order chi connectivity index (χ1) is 15.9. The van der Waals surface area contributed by atoms with Gasteiger partial charge in [0.2, 0.25) is 5.91 Å². The number of methoxy groups -OCH3 is 1. The smallest absolute Gasteiger partial charge is 0.216 e. The molecule has 8 heteroatoms. The van der Waals surface area contributed by atoms with Crippen LogP contribution in [-0.4, -0.2) is 61.7 Å². The van der Waals surface area contributed by atoms with E-state index in [4.69, 9.17) is 9.47 Å². The molecular weight excluding hydrogens is 418 g/mol. The number of carbonyl (C=O) groups is 1. The third kappa shape index (κ3) is 6.79. The van der Waals surface area contributed by atoms with E-state index in [9.17, 15) is 4.79 Å². The summed E-state index contributed by atoms with van der Waals surface area (Å²) in [4.78, 5) is 22.1. The van der Waals surface area contributed by atoms with E-state index in [1.807, 2.05) is 38.4 Å². The summed E-state index contributed by atoms with van der Waals surface area (Å²) in [6.07, 6.45) is 2.45. The Kier molecular flexibility index (Phi) is 8.43. The van der Waals surface area contributed by atoms with Crippen molar-refractivity contribution >= 4 is 28.3 Å². The summed E-state index contributed by atoms with van der Waals surface area (Å²) < 4.78 is 11.5. The second-order valence-corrected chi connectivity index (χ2v) is 8.33. The fourth-order valence-corrected chi connectivity index (χ4v) is 3.45. The van der Waals surface area contributed by atoms with E-state index in [1.165, 1.54) is 13.3 Å². The van der Waals surface area contributed by atoms with Gasteiger partial charge in [0.05, 0.1) is 19.2 Å². The van der Waals surface area contributed by atoms with Crippen molar-refractivity contribution in [3.8, 4) is 11.5 Å². The minimum absolute atomic E-state index is 0.0199. The van der Waals surface area contributed by atoms with Crippen LogP contribution >= 0.6 is 0 Å². The van der Waals surface area contributed by atoms with E-state index < -0.39 is 0 Å². The zero-order valence-corrected chi connectivity index (χ0v) is 20.0. The number of amides is 1. The molecule has 2 N–H and O–H groups in total. The van der Waals surface area contributed by atoms with Crippen LogP contribution in [0.2, 0.25) is 0 Å². The SMILES string of the molecule is COc1cc2ncnc(Nc3ccc(C(C)CNC(C)=O)cc3)c2cc1OCCCN(C)C. The molecule has 1 heterocycles. The molecule has 0 aliphatic carbocycles. The van der Waals surface area contributed by atoms with Gasteiger partial charge < -0.3 is 25.0 Å². The number of fused-ring (bicyclic) bond motifs is 1. The van der Waals surface area contributed by atoms with Gasteiger partial charge in [0, 0.05) is 37.2 Å². The first-order valence-electron chi connectivity index (χ1n) is 11.1. The van der Waals surface area contributed by atoms with Crippen LogP contribution in [-0.2, 0) is 4.79 Å². The summed E-state index contributed by atoms with van der Waals surface area (Å²) in [6.45, 7) is 5.77. The van der Waals surface area contributed by atoms with Crippen molar-refractivity contribution in [3.63, 3.8) is 0 Å². The molecule has 0 bridgehead atoms. The van der Waals surface area contributed by atoms with E-state index in [-0.39, 0.29) is 11.8 Å². The summed E-state index contributed by atoms with van der Waals surface area (Å²) in [5.74, 6) is 2.22. The first kappa shape index (κ1) is 24.3. The lowest BCUT2D eigenvalue weighted by atomic mass is 10.0. The third-order valence-corrected chi connectivity index (χ3v) is 5.33. The van der Waals surface area contributed by atoms with Gasteiger partial charge >= 0.3 is 0 Å². The average Bonchev–Trinajstić information content (AvgIpc) is 2.80. The number of rotatable bonds is 11. The number of nitrogens with one attached hydrogen (secondary N) is 2. The Hall–Kier alpha value is -3.39. The monoisotopic (exact) mass is 451 g/mol. The predicted octanol–water partition coefficient (Wildman–Crippen LogP) is 3.95. The van der Waals surface area contributed by atoms with Gasteiger partial charge in [0.1, 0.15) is 12.1 Å². The minimum Gasteiger partial charge on any atom is -0.493 e. The Labute approximate surface area is 195 Å². The molecule has 2 aromatic carbocycles. The molecule has 8 nitrogen and oxygen atoms in total. The fraction of sp³-hybridized carbons (Fsp3) is 0.400. The van der Waals surface area contributed by atoms with E-state index in [2.05, 4.69) is 44.6 Å². The normalized spacial score (nSPS) is 11.9. The molecule has 3 aromatic rings. The number of carbonyl (C=O) groups excluding carboxylic acids is 1. The van der Waals surface area contributed by atoms with Crippen molar-refractivity contribution in [1.82, 2.24) is 20.2 Å². The van der Waals surface area contributed by atoms with E-state index in [0.29, 0.717) is 30.5 Å². The Morgan fingerprint density at radius 1 is 1.12 bits per heavy atom.